The predicted molar refractivity (Wildman–Crippen MR) is 93.8 cm³/mol. The summed E-state index contributed by atoms with van der Waals surface area (Å²) in [6.07, 6.45) is 0.451. The molecule has 1 atom stereocenters. The first-order chi connectivity index (χ1) is 10.1. The Morgan fingerprint density at radius 2 is 2.10 bits per heavy atom. The Morgan fingerprint density at radius 1 is 1.29 bits per heavy atom. The molecular weight excluding hydrogens is 399 g/mol. The second-order valence-corrected chi connectivity index (χ2v) is 6.63. The number of anilines is 1. The van der Waals surface area contributed by atoms with Gasteiger partial charge in [-0.3, -0.25) is 4.79 Å². The lowest BCUT2D eigenvalue weighted by Gasteiger charge is -2.20. The van der Waals surface area contributed by atoms with Gasteiger partial charge in [-0.1, -0.05) is 23.7 Å². The fourth-order valence-electron chi connectivity index (χ4n) is 2.67. The summed E-state index contributed by atoms with van der Waals surface area (Å²) < 4.78 is 1.16. The lowest BCUT2D eigenvalue weighted by Crippen LogP contribution is -2.19. The molecule has 5 heteroatoms. The number of benzene rings is 2. The van der Waals surface area contributed by atoms with Crippen LogP contribution in [-0.2, 0) is 11.2 Å². The maximum absolute atomic E-state index is 11.5. The molecule has 0 saturated carbocycles. The van der Waals surface area contributed by atoms with Crippen molar-refractivity contribution in [2.24, 2.45) is 0 Å². The first-order valence-corrected chi connectivity index (χ1v) is 8.09. The average Bonchev–Trinajstić information content (AvgIpc) is 2.83. The van der Waals surface area contributed by atoms with Crippen molar-refractivity contribution in [1.29, 1.82) is 0 Å². The molecule has 0 aliphatic carbocycles. The molecule has 1 aliphatic heterocycles. The molecule has 2 aromatic carbocycles. The second kappa shape index (κ2) is 5.94. The van der Waals surface area contributed by atoms with Gasteiger partial charge in [-0.25, -0.2) is 0 Å². The highest BCUT2D eigenvalue weighted by Crippen LogP contribution is 2.32. The summed E-state index contributed by atoms with van der Waals surface area (Å²) in [4.78, 5) is 11.5. The van der Waals surface area contributed by atoms with Crippen LogP contribution >= 0.6 is 34.2 Å². The largest absolute Gasteiger partial charge is 0.326 e. The minimum Gasteiger partial charge on any atom is -0.326 e. The van der Waals surface area contributed by atoms with Crippen molar-refractivity contribution >= 4 is 45.8 Å². The summed E-state index contributed by atoms with van der Waals surface area (Å²) in [5.74, 6) is 0.0560. The van der Waals surface area contributed by atoms with E-state index in [1.165, 1.54) is 0 Å². The average molecular weight is 413 g/mol. The third kappa shape index (κ3) is 2.93. The van der Waals surface area contributed by atoms with Gasteiger partial charge in [0.2, 0.25) is 5.91 Å². The van der Waals surface area contributed by atoms with E-state index in [2.05, 4.69) is 39.3 Å². The number of rotatable bonds is 3. The van der Waals surface area contributed by atoms with Crippen LogP contribution in [0.5, 0.6) is 0 Å². The molecule has 0 saturated heterocycles. The zero-order valence-electron chi connectivity index (χ0n) is 11.4. The Morgan fingerprint density at radius 3 is 2.86 bits per heavy atom. The van der Waals surface area contributed by atoms with Gasteiger partial charge >= 0.3 is 0 Å². The van der Waals surface area contributed by atoms with Gasteiger partial charge < -0.3 is 10.6 Å². The molecule has 3 rings (SSSR count). The number of hydrogen-bond acceptors (Lipinski definition) is 2. The lowest BCUT2D eigenvalue weighted by atomic mass is 9.96. The number of hydrogen-bond donors (Lipinski definition) is 2. The van der Waals surface area contributed by atoms with Gasteiger partial charge in [0.05, 0.1) is 12.5 Å². The molecule has 0 spiro atoms. The van der Waals surface area contributed by atoms with Crippen LogP contribution in [0.15, 0.2) is 36.4 Å². The van der Waals surface area contributed by atoms with Crippen molar-refractivity contribution in [1.82, 2.24) is 5.32 Å². The number of halogens is 2. The molecule has 1 amide bonds. The van der Waals surface area contributed by atoms with E-state index in [0.29, 0.717) is 6.42 Å². The quantitative estimate of drug-likeness (QED) is 0.754. The molecule has 2 aromatic rings. The van der Waals surface area contributed by atoms with Crippen LogP contribution in [0, 0.1) is 3.57 Å². The highest BCUT2D eigenvalue weighted by atomic mass is 127. The Labute approximate surface area is 142 Å². The highest BCUT2D eigenvalue weighted by Gasteiger charge is 2.21. The normalized spacial score (nSPS) is 14.7. The zero-order chi connectivity index (χ0) is 15.0. The molecule has 21 heavy (non-hydrogen) atoms. The van der Waals surface area contributed by atoms with Gasteiger partial charge in [0.15, 0.2) is 0 Å². The van der Waals surface area contributed by atoms with E-state index < -0.39 is 0 Å². The minimum absolute atomic E-state index is 0.0524. The van der Waals surface area contributed by atoms with Gasteiger partial charge in [0.1, 0.15) is 0 Å². The van der Waals surface area contributed by atoms with E-state index in [4.69, 9.17) is 11.6 Å². The van der Waals surface area contributed by atoms with Gasteiger partial charge in [0, 0.05) is 14.3 Å². The number of amides is 1. The molecule has 0 fully saturated rings. The smallest absolute Gasteiger partial charge is 0.228 e. The summed E-state index contributed by atoms with van der Waals surface area (Å²) in [5.41, 5.74) is 4.24. The fraction of sp³-hybridized carbons (Fsp3) is 0.188. The summed E-state index contributed by atoms with van der Waals surface area (Å²) in [7, 11) is 1.93. The molecule has 1 heterocycles. The van der Waals surface area contributed by atoms with Gasteiger partial charge in [-0.15, -0.1) is 0 Å². The van der Waals surface area contributed by atoms with Crippen molar-refractivity contribution in [3.05, 3.63) is 61.7 Å². The molecule has 1 aliphatic rings. The van der Waals surface area contributed by atoms with E-state index in [9.17, 15) is 4.79 Å². The molecule has 0 aromatic heterocycles. The summed E-state index contributed by atoms with van der Waals surface area (Å²) >= 11 is 8.45. The van der Waals surface area contributed by atoms with Gasteiger partial charge in [0.25, 0.3) is 0 Å². The van der Waals surface area contributed by atoms with Crippen LogP contribution in [0.4, 0.5) is 5.69 Å². The van der Waals surface area contributed by atoms with Gasteiger partial charge in [-0.05, 0) is 70.6 Å². The number of fused-ring (bicyclic) bond motifs is 1. The Kier molecular flexibility index (Phi) is 4.19. The highest BCUT2D eigenvalue weighted by molar-refractivity contribution is 14.1. The number of nitrogens with one attached hydrogen (secondary N) is 2. The predicted octanol–water partition coefficient (Wildman–Crippen LogP) is 3.75. The minimum atomic E-state index is 0.0524. The van der Waals surface area contributed by atoms with E-state index in [-0.39, 0.29) is 11.9 Å². The van der Waals surface area contributed by atoms with Crippen molar-refractivity contribution in [3.8, 4) is 0 Å². The van der Waals surface area contributed by atoms with Crippen LogP contribution in [0.2, 0.25) is 5.02 Å². The topological polar surface area (TPSA) is 41.1 Å². The third-order valence-corrected chi connectivity index (χ3v) is 4.86. The number of carbonyl (C=O) groups is 1. The first kappa shape index (κ1) is 14.8. The van der Waals surface area contributed by atoms with Gasteiger partial charge in [-0.2, -0.15) is 0 Å². The van der Waals surface area contributed by atoms with E-state index in [0.717, 1.165) is 31.0 Å². The Bertz CT molecular complexity index is 717. The molecule has 0 bridgehead atoms. The SMILES string of the molecule is CNC(c1ccc2c(c1)CC(=O)N2)c1cc(Cl)ccc1I. The maximum Gasteiger partial charge on any atom is 0.228 e. The molecule has 108 valence electrons. The standard InChI is InChI=1S/C16H14ClIN2O/c1-19-16(12-8-11(17)3-4-13(12)18)9-2-5-14-10(6-9)7-15(21)20-14/h2-6,8,16,19H,7H2,1H3,(H,20,21). The molecule has 3 nitrogen and oxygen atoms in total. The Hall–Kier alpha value is -1.11. The number of carbonyl (C=O) groups excluding carboxylic acids is 1. The first-order valence-electron chi connectivity index (χ1n) is 6.63. The molecule has 1 unspecified atom stereocenters. The van der Waals surface area contributed by atoms with Crippen molar-refractivity contribution < 1.29 is 4.79 Å². The maximum atomic E-state index is 11.5. The van der Waals surface area contributed by atoms with Crippen molar-refractivity contribution in [3.63, 3.8) is 0 Å². The van der Waals surface area contributed by atoms with E-state index in [1.54, 1.807) is 0 Å². The van der Waals surface area contributed by atoms with Crippen molar-refractivity contribution in [2.45, 2.75) is 12.5 Å². The fourth-order valence-corrected chi connectivity index (χ4v) is 3.49. The molecule has 0 radical (unpaired) electrons. The third-order valence-electron chi connectivity index (χ3n) is 3.65. The lowest BCUT2D eigenvalue weighted by molar-refractivity contribution is -0.115. The summed E-state index contributed by atoms with van der Waals surface area (Å²) in [6, 6.07) is 12.1. The van der Waals surface area contributed by atoms with E-state index >= 15 is 0 Å². The van der Waals surface area contributed by atoms with E-state index in [1.807, 2.05) is 37.4 Å². The van der Waals surface area contributed by atoms with Crippen LogP contribution < -0.4 is 10.6 Å². The zero-order valence-corrected chi connectivity index (χ0v) is 14.3. The monoisotopic (exact) mass is 412 g/mol. The van der Waals surface area contributed by atoms with Crippen LogP contribution in [-0.4, -0.2) is 13.0 Å². The van der Waals surface area contributed by atoms with Crippen LogP contribution in [0.1, 0.15) is 22.7 Å². The van der Waals surface area contributed by atoms with Crippen molar-refractivity contribution in [2.75, 3.05) is 12.4 Å². The Balaban J connectivity index is 2.03. The molecular formula is C16H14ClIN2O. The van der Waals surface area contributed by atoms with Crippen LogP contribution in [0.3, 0.4) is 0 Å². The second-order valence-electron chi connectivity index (χ2n) is 5.03. The van der Waals surface area contributed by atoms with Crippen LogP contribution in [0.25, 0.3) is 0 Å². The molecule has 2 N–H and O–H groups in total. The summed E-state index contributed by atoms with van der Waals surface area (Å²) in [6.45, 7) is 0. The summed E-state index contributed by atoms with van der Waals surface area (Å²) in [5, 5.41) is 6.92.